The maximum absolute atomic E-state index is 12.5. The first-order valence-electron chi connectivity index (χ1n) is 8.44. The average molecular weight is 338 g/mol. The molecule has 0 radical (unpaired) electrons. The van der Waals surface area contributed by atoms with Gasteiger partial charge in [0.25, 0.3) is 0 Å². The van der Waals surface area contributed by atoms with Gasteiger partial charge in [0.15, 0.2) is 0 Å². The molecule has 3 aromatic rings. The smallest absolute Gasteiger partial charge is 0.340 e. The van der Waals surface area contributed by atoms with Gasteiger partial charge in [-0.1, -0.05) is 18.2 Å². The normalized spacial score (nSPS) is 12.3. The average Bonchev–Trinajstić information content (AvgIpc) is 3.14. The van der Waals surface area contributed by atoms with Crippen LogP contribution < -0.4 is 5.32 Å². The van der Waals surface area contributed by atoms with Gasteiger partial charge in [-0.15, -0.1) is 0 Å². The SMILES string of the molecule is CCOC(=O)c1c(CN[C@H](C)c2ccco2)nc2ccccc2c1C. The van der Waals surface area contributed by atoms with E-state index < -0.39 is 0 Å². The fourth-order valence-electron chi connectivity index (χ4n) is 2.93. The molecule has 130 valence electrons. The molecule has 0 amide bonds. The number of pyridine rings is 1. The van der Waals surface area contributed by atoms with Crippen LogP contribution in [0.4, 0.5) is 0 Å². The number of carbonyl (C=O) groups excluding carboxylic acids is 1. The van der Waals surface area contributed by atoms with Crippen LogP contribution >= 0.6 is 0 Å². The lowest BCUT2D eigenvalue weighted by Crippen LogP contribution is -2.22. The third-order valence-electron chi connectivity index (χ3n) is 4.25. The molecule has 0 saturated carbocycles. The summed E-state index contributed by atoms with van der Waals surface area (Å²) in [4.78, 5) is 17.2. The molecule has 0 aliphatic rings. The van der Waals surface area contributed by atoms with E-state index in [1.165, 1.54) is 0 Å². The lowest BCUT2D eigenvalue weighted by atomic mass is 10.0. The van der Waals surface area contributed by atoms with Gasteiger partial charge in [0, 0.05) is 11.9 Å². The summed E-state index contributed by atoms with van der Waals surface area (Å²) in [5, 5.41) is 4.33. The fourth-order valence-corrected chi connectivity index (χ4v) is 2.93. The lowest BCUT2D eigenvalue weighted by Gasteiger charge is -2.16. The summed E-state index contributed by atoms with van der Waals surface area (Å²) in [7, 11) is 0. The van der Waals surface area contributed by atoms with E-state index in [1.54, 1.807) is 13.2 Å². The van der Waals surface area contributed by atoms with Crippen molar-refractivity contribution in [3.05, 3.63) is 65.2 Å². The van der Waals surface area contributed by atoms with E-state index in [1.807, 2.05) is 50.2 Å². The van der Waals surface area contributed by atoms with Crippen molar-refractivity contribution in [2.24, 2.45) is 0 Å². The topological polar surface area (TPSA) is 64.4 Å². The van der Waals surface area contributed by atoms with Crippen molar-refractivity contribution >= 4 is 16.9 Å². The molecule has 0 aliphatic carbocycles. The molecular weight excluding hydrogens is 316 g/mol. The summed E-state index contributed by atoms with van der Waals surface area (Å²) in [6.45, 7) is 6.54. The molecule has 0 spiro atoms. The molecule has 0 fully saturated rings. The predicted octanol–water partition coefficient (Wildman–Crippen LogP) is 4.16. The quantitative estimate of drug-likeness (QED) is 0.684. The molecule has 3 rings (SSSR count). The minimum atomic E-state index is -0.333. The van der Waals surface area contributed by atoms with Crippen LogP contribution in [0.5, 0.6) is 0 Å². The Morgan fingerprint density at radius 2 is 2.08 bits per heavy atom. The molecule has 0 aliphatic heterocycles. The molecule has 0 unspecified atom stereocenters. The van der Waals surface area contributed by atoms with Crippen LogP contribution in [0.2, 0.25) is 0 Å². The lowest BCUT2D eigenvalue weighted by molar-refractivity contribution is 0.0523. The van der Waals surface area contributed by atoms with Gasteiger partial charge in [-0.25, -0.2) is 4.79 Å². The summed E-state index contributed by atoms with van der Waals surface area (Å²) in [6.07, 6.45) is 1.65. The molecule has 2 heterocycles. The highest BCUT2D eigenvalue weighted by Crippen LogP contribution is 2.24. The fraction of sp³-hybridized carbons (Fsp3) is 0.300. The molecule has 25 heavy (non-hydrogen) atoms. The Kier molecular flexibility index (Phi) is 5.14. The Hall–Kier alpha value is -2.66. The number of rotatable bonds is 6. The number of ether oxygens (including phenoxy) is 1. The largest absolute Gasteiger partial charge is 0.468 e. The van der Waals surface area contributed by atoms with Crippen molar-refractivity contribution in [3.63, 3.8) is 0 Å². The molecule has 1 aromatic carbocycles. The Morgan fingerprint density at radius 3 is 2.80 bits per heavy atom. The first kappa shape index (κ1) is 17.2. The molecule has 5 nitrogen and oxygen atoms in total. The van der Waals surface area contributed by atoms with E-state index >= 15 is 0 Å². The highest BCUT2D eigenvalue weighted by atomic mass is 16.5. The zero-order valence-electron chi connectivity index (χ0n) is 14.7. The minimum Gasteiger partial charge on any atom is -0.468 e. The summed E-state index contributed by atoms with van der Waals surface area (Å²) in [5.41, 5.74) is 3.00. The number of aromatic nitrogens is 1. The summed E-state index contributed by atoms with van der Waals surface area (Å²) < 4.78 is 10.7. The first-order chi connectivity index (χ1) is 12.1. The van der Waals surface area contributed by atoms with E-state index in [-0.39, 0.29) is 12.0 Å². The Morgan fingerprint density at radius 1 is 1.28 bits per heavy atom. The van der Waals surface area contributed by atoms with Gasteiger partial charge in [0.2, 0.25) is 0 Å². The molecule has 5 heteroatoms. The maximum atomic E-state index is 12.5. The standard InChI is InChI=1S/C20H22N2O3/c1-4-24-20(23)19-13(2)15-8-5-6-9-16(15)22-17(19)12-21-14(3)18-10-7-11-25-18/h5-11,14,21H,4,12H2,1-3H3/t14-/m1/s1. The number of esters is 1. The number of furan rings is 1. The number of benzene rings is 1. The highest BCUT2D eigenvalue weighted by Gasteiger charge is 2.20. The van der Waals surface area contributed by atoms with Crippen molar-refractivity contribution in [3.8, 4) is 0 Å². The number of hydrogen-bond acceptors (Lipinski definition) is 5. The molecule has 2 aromatic heterocycles. The Labute approximate surface area is 147 Å². The van der Waals surface area contributed by atoms with Crippen LogP contribution in [0, 0.1) is 6.92 Å². The zero-order valence-corrected chi connectivity index (χ0v) is 14.7. The van der Waals surface area contributed by atoms with E-state index in [0.29, 0.717) is 24.4 Å². The van der Waals surface area contributed by atoms with Crippen molar-refractivity contribution in [1.29, 1.82) is 0 Å². The van der Waals surface area contributed by atoms with Gasteiger partial charge < -0.3 is 14.5 Å². The predicted molar refractivity (Wildman–Crippen MR) is 96.4 cm³/mol. The van der Waals surface area contributed by atoms with E-state index in [4.69, 9.17) is 14.1 Å². The van der Waals surface area contributed by atoms with Crippen LogP contribution in [0.3, 0.4) is 0 Å². The third kappa shape index (κ3) is 3.56. The molecule has 0 bridgehead atoms. The summed E-state index contributed by atoms with van der Waals surface area (Å²) >= 11 is 0. The number of hydrogen-bond donors (Lipinski definition) is 1. The highest BCUT2D eigenvalue weighted by molar-refractivity contribution is 5.98. The van der Waals surface area contributed by atoms with Gasteiger partial charge in [0.1, 0.15) is 5.76 Å². The van der Waals surface area contributed by atoms with Gasteiger partial charge in [-0.2, -0.15) is 0 Å². The number of aryl methyl sites for hydroxylation is 1. The molecular formula is C20H22N2O3. The van der Waals surface area contributed by atoms with Gasteiger partial charge in [-0.05, 0) is 44.5 Å². The van der Waals surface area contributed by atoms with Crippen LogP contribution in [0.25, 0.3) is 10.9 Å². The number of fused-ring (bicyclic) bond motifs is 1. The molecule has 1 atom stereocenters. The van der Waals surface area contributed by atoms with Crippen LogP contribution in [0.15, 0.2) is 47.1 Å². The van der Waals surface area contributed by atoms with E-state index in [9.17, 15) is 4.79 Å². The van der Waals surface area contributed by atoms with Crippen LogP contribution in [-0.2, 0) is 11.3 Å². The van der Waals surface area contributed by atoms with Crippen molar-refractivity contribution in [1.82, 2.24) is 10.3 Å². The summed E-state index contributed by atoms with van der Waals surface area (Å²) in [5.74, 6) is 0.510. The van der Waals surface area contributed by atoms with Gasteiger partial charge in [0.05, 0.1) is 35.7 Å². The van der Waals surface area contributed by atoms with Gasteiger partial charge >= 0.3 is 5.97 Å². The second kappa shape index (κ2) is 7.49. The monoisotopic (exact) mass is 338 g/mol. The van der Waals surface area contributed by atoms with Crippen molar-refractivity contribution in [2.75, 3.05) is 6.61 Å². The maximum Gasteiger partial charge on any atom is 0.340 e. The van der Waals surface area contributed by atoms with Crippen molar-refractivity contribution in [2.45, 2.75) is 33.4 Å². The van der Waals surface area contributed by atoms with Gasteiger partial charge in [-0.3, -0.25) is 4.98 Å². The van der Waals surface area contributed by atoms with Crippen LogP contribution in [0.1, 0.15) is 47.3 Å². The van der Waals surface area contributed by atoms with Crippen LogP contribution in [-0.4, -0.2) is 17.6 Å². The molecule has 1 N–H and O–H groups in total. The Balaban J connectivity index is 1.96. The Bertz CT molecular complexity index is 872. The minimum absolute atomic E-state index is 0.0126. The van der Waals surface area contributed by atoms with Crippen molar-refractivity contribution < 1.29 is 13.9 Å². The van der Waals surface area contributed by atoms with E-state index in [2.05, 4.69) is 5.32 Å². The first-order valence-corrected chi connectivity index (χ1v) is 8.44. The molecule has 0 saturated heterocycles. The third-order valence-corrected chi connectivity index (χ3v) is 4.25. The number of nitrogens with one attached hydrogen (secondary N) is 1. The zero-order chi connectivity index (χ0) is 17.8. The number of carbonyl (C=O) groups is 1. The second-order valence-corrected chi connectivity index (χ2v) is 5.91. The number of nitrogens with zero attached hydrogens (tertiary/aromatic N) is 1. The summed E-state index contributed by atoms with van der Waals surface area (Å²) in [6, 6.07) is 11.6. The van der Waals surface area contributed by atoms with E-state index in [0.717, 1.165) is 22.2 Å². The second-order valence-electron chi connectivity index (χ2n) is 5.91. The number of para-hydroxylation sites is 1.